The van der Waals surface area contributed by atoms with Crippen molar-refractivity contribution in [3.8, 4) is 0 Å². The van der Waals surface area contributed by atoms with Crippen LogP contribution in [0, 0.1) is 5.92 Å². The fourth-order valence-corrected chi connectivity index (χ4v) is 2.17. The van der Waals surface area contributed by atoms with E-state index in [2.05, 4.69) is 12.1 Å². The lowest BCUT2D eigenvalue weighted by Gasteiger charge is -2.08. The van der Waals surface area contributed by atoms with Crippen molar-refractivity contribution in [3.05, 3.63) is 35.9 Å². The Balaban J connectivity index is 1.69. The maximum Gasteiger partial charge on any atom is 0.146 e. The van der Waals surface area contributed by atoms with E-state index >= 15 is 0 Å². The van der Waals surface area contributed by atoms with Crippen molar-refractivity contribution in [1.29, 1.82) is 0 Å². The number of methoxy groups -OCH3 is 1. The molecule has 94 valence electrons. The Morgan fingerprint density at radius 2 is 2.12 bits per heavy atom. The average Bonchev–Trinajstić information content (AvgIpc) is 3.00. The van der Waals surface area contributed by atoms with Crippen molar-refractivity contribution in [2.24, 2.45) is 5.92 Å². The van der Waals surface area contributed by atoms with Crippen LogP contribution in [0.4, 0.5) is 4.39 Å². The molecular formula is C14H19FO2. The molecule has 0 radical (unpaired) electrons. The van der Waals surface area contributed by atoms with Crippen molar-refractivity contribution in [2.75, 3.05) is 20.5 Å². The minimum absolute atomic E-state index is 0.152. The SMILES string of the molecule is COCOC[C@]1(F)C[C@@H]1CCc1ccccc1. The quantitative estimate of drug-likeness (QED) is 0.537. The Labute approximate surface area is 102 Å². The van der Waals surface area contributed by atoms with E-state index in [1.807, 2.05) is 18.2 Å². The number of hydrogen-bond donors (Lipinski definition) is 0. The molecule has 0 unspecified atom stereocenters. The molecule has 0 aliphatic heterocycles. The molecule has 3 heteroatoms. The van der Waals surface area contributed by atoms with Crippen LogP contribution < -0.4 is 0 Å². The summed E-state index contributed by atoms with van der Waals surface area (Å²) in [5.41, 5.74) is 0.174. The molecule has 2 rings (SSSR count). The molecule has 0 amide bonds. The summed E-state index contributed by atoms with van der Waals surface area (Å²) in [7, 11) is 1.55. The first-order valence-corrected chi connectivity index (χ1v) is 6.04. The maximum absolute atomic E-state index is 14.0. The summed E-state index contributed by atoms with van der Waals surface area (Å²) < 4.78 is 23.8. The lowest BCUT2D eigenvalue weighted by Crippen LogP contribution is -2.15. The minimum atomic E-state index is -1.10. The summed E-state index contributed by atoms with van der Waals surface area (Å²) in [4.78, 5) is 0. The molecule has 0 heterocycles. The van der Waals surface area contributed by atoms with Crippen molar-refractivity contribution in [3.63, 3.8) is 0 Å². The van der Waals surface area contributed by atoms with E-state index in [0.717, 1.165) is 12.8 Å². The van der Waals surface area contributed by atoms with Gasteiger partial charge >= 0.3 is 0 Å². The molecule has 0 aromatic heterocycles. The first-order chi connectivity index (χ1) is 8.24. The van der Waals surface area contributed by atoms with Crippen LogP contribution in [0.3, 0.4) is 0 Å². The molecule has 17 heavy (non-hydrogen) atoms. The second kappa shape index (κ2) is 5.61. The summed E-state index contributed by atoms with van der Waals surface area (Å²) in [6, 6.07) is 10.2. The number of ether oxygens (including phenoxy) is 2. The van der Waals surface area contributed by atoms with Gasteiger partial charge in [-0.1, -0.05) is 30.3 Å². The molecule has 0 bridgehead atoms. The van der Waals surface area contributed by atoms with Gasteiger partial charge in [-0.15, -0.1) is 0 Å². The van der Waals surface area contributed by atoms with Gasteiger partial charge in [0.15, 0.2) is 0 Å². The molecule has 2 atom stereocenters. The zero-order chi connectivity index (χ0) is 12.1. The molecule has 1 aromatic carbocycles. The first kappa shape index (κ1) is 12.5. The predicted molar refractivity (Wildman–Crippen MR) is 64.5 cm³/mol. The molecule has 1 saturated carbocycles. The third-order valence-electron chi connectivity index (χ3n) is 3.32. The molecule has 0 N–H and O–H groups in total. The Morgan fingerprint density at radius 1 is 1.35 bits per heavy atom. The van der Waals surface area contributed by atoms with Gasteiger partial charge in [-0.05, 0) is 30.7 Å². The van der Waals surface area contributed by atoms with Crippen molar-refractivity contribution < 1.29 is 13.9 Å². The van der Waals surface area contributed by atoms with E-state index in [1.54, 1.807) is 7.11 Å². The average molecular weight is 238 g/mol. The normalized spacial score (nSPS) is 27.1. The van der Waals surface area contributed by atoms with Gasteiger partial charge in [-0.2, -0.15) is 0 Å². The standard InChI is InChI=1S/C14H19FO2/c1-16-11-17-10-14(15)9-13(14)8-7-12-5-3-2-4-6-12/h2-6,13H,7-11H2,1H3/t13-,14+/m0/s1. The number of hydrogen-bond acceptors (Lipinski definition) is 2. The first-order valence-electron chi connectivity index (χ1n) is 6.04. The zero-order valence-electron chi connectivity index (χ0n) is 10.2. The summed E-state index contributed by atoms with van der Waals surface area (Å²) in [5, 5.41) is 0. The number of alkyl halides is 1. The highest BCUT2D eigenvalue weighted by Crippen LogP contribution is 2.50. The highest BCUT2D eigenvalue weighted by molar-refractivity contribution is 5.16. The van der Waals surface area contributed by atoms with Crippen LogP contribution in [0.2, 0.25) is 0 Å². The van der Waals surface area contributed by atoms with E-state index < -0.39 is 5.67 Å². The largest absolute Gasteiger partial charge is 0.359 e. The van der Waals surface area contributed by atoms with Crippen LogP contribution in [0.25, 0.3) is 0 Å². The topological polar surface area (TPSA) is 18.5 Å². The van der Waals surface area contributed by atoms with Crippen LogP contribution in [0.15, 0.2) is 30.3 Å². The van der Waals surface area contributed by atoms with Gasteiger partial charge in [-0.25, -0.2) is 4.39 Å². The van der Waals surface area contributed by atoms with Crippen LogP contribution in [0.1, 0.15) is 18.4 Å². The summed E-state index contributed by atoms with van der Waals surface area (Å²) in [5.74, 6) is 0.152. The second-order valence-corrected chi connectivity index (χ2v) is 4.71. The Kier molecular flexibility index (Phi) is 4.13. The fourth-order valence-electron chi connectivity index (χ4n) is 2.17. The van der Waals surface area contributed by atoms with E-state index in [0.29, 0.717) is 6.42 Å². The number of benzene rings is 1. The molecule has 1 aliphatic rings. The highest BCUT2D eigenvalue weighted by atomic mass is 19.1. The van der Waals surface area contributed by atoms with Crippen LogP contribution in [0.5, 0.6) is 0 Å². The second-order valence-electron chi connectivity index (χ2n) is 4.71. The van der Waals surface area contributed by atoms with Crippen LogP contribution in [-0.2, 0) is 15.9 Å². The maximum atomic E-state index is 14.0. The van der Waals surface area contributed by atoms with Gasteiger partial charge < -0.3 is 9.47 Å². The number of halogens is 1. The monoisotopic (exact) mass is 238 g/mol. The zero-order valence-corrected chi connectivity index (χ0v) is 10.2. The van der Waals surface area contributed by atoms with Crippen LogP contribution in [-0.4, -0.2) is 26.2 Å². The highest BCUT2D eigenvalue weighted by Gasteiger charge is 2.54. The molecule has 0 saturated heterocycles. The Hall–Kier alpha value is -0.930. The third kappa shape index (κ3) is 3.51. The number of rotatable bonds is 7. The fraction of sp³-hybridized carbons (Fsp3) is 0.571. The van der Waals surface area contributed by atoms with Gasteiger partial charge in [0.1, 0.15) is 12.5 Å². The molecule has 1 fully saturated rings. The molecule has 1 aliphatic carbocycles. The predicted octanol–water partition coefficient (Wildman–Crippen LogP) is 2.97. The van der Waals surface area contributed by atoms with Gasteiger partial charge in [0.05, 0.1) is 6.61 Å². The van der Waals surface area contributed by atoms with Gasteiger partial charge in [-0.3, -0.25) is 0 Å². The number of aryl methyl sites for hydroxylation is 1. The molecule has 2 nitrogen and oxygen atoms in total. The summed E-state index contributed by atoms with van der Waals surface area (Å²) >= 11 is 0. The van der Waals surface area contributed by atoms with E-state index in [1.165, 1.54) is 5.56 Å². The van der Waals surface area contributed by atoms with Crippen molar-refractivity contribution >= 4 is 0 Å². The van der Waals surface area contributed by atoms with E-state index in [-0.39, 0.29) is 19.3 Å². The van der Waals surface area contributed by atoms with Crippen molar-refractivity contribution in [2.45, 2.75) is 24.9 Å². The van der Waals surface area contributed by atoms with E-state index in [9.17, 15) is 4.39 Å². The van der Waals surface area contributed by atoms with Crippen molar-refractivity contribution in [1.82, 2.24) is 0 Å². The van der Waals surface area contributed by atoms with Gasteiger partial charge in [0.25, 0.3) is 0 Å². The third-order valence-corrected chi connectivity index (χ3v) is 3.32. The lowest BCUT2D eigenvalue weighted by molar-refractivity contribution is -0.0551. The molecule has 1 aromatic rings. The molecule has 0 spiro atoms. The van der Waals surface area contributed by atoms with Gasteiger partial charge in [0.2, 0.25) is 0 Å². The Bertz CT molecular complexity index is 341. The van der Waals surface area contributed by atoms with Crippen LogP contribution >= 0.6 is 0 Å². The lowest BCUT2D eigenvalue weighted by atomic mass is 10.1. The molecular weight excluding hydrogens is 219 g/mol. The van der Waals surface area contributed by atoms with E-state index in [4.69, 9.17) is 9.47 Å². The smallest absolute Gasteiger partial charge is 0.146 e. The summed E-state index contributed by atoms with van der Waals surface area (Å²) in [6.45, 7) is 0.345. The summed E-state index contributed by atoms with van der Waals surface area (Å²) in [6.07, 6.45) is 2.47. The minimum Gasteiger partial charge on any atom is -0.359 e. The Morgan fingerprint density at radius 3 is 2.82 bits per heavy atom. The van der Waals surface area contributed by atoms with Gasteiger partial charge in [0, 0.05) is 7.11 Å².